The third-order valence-corrected chi connectivity index (χ3v) is 12.9. The predicted octanol–water partition coefficient (Wildman–Crippen LogP) is 20.2. The van der Waals surface area contributed by atoms with Crippen LogP contribution in [0.3, 0.4) is 0 Å². The normalized spacial score (nSPS) is 12.6. The molecule has 1 atom stereocenters. The number of hydrogen-bond donors (Lipinski definition) is 0. The lowest BCUT2D eigenvalue weighted by Gasteiger charge is -2.18. The molecule has 0 aliphatic carbocycles. The van der Waals surface area contributed by atoms with E-state index in [2.05, 4.69) is 93.7 Å². The van der Waals surface area contributed by atoms with Crippen molar-refractivity contribution in [3.8, 4) is 0 Å². The average Bonchev–Trinajstić information content (AvgIpc) is 3.36. The summed E-state index contributed by atoms with van der Waals surface area (Å²) in [6.45, 7) is 6.52. The van der Waals surface area contributed by atoms with E-state index in [0.29, 0.717) is 19.3 Å². The zero-order valence-corrected chi connectivity index (χ0v) is 46.3. The fourth-order valence-electron chi connectivity index (χ4n) is 8.47. The monoisotopic (exact) mass is 977 g/mol. The molecule has 0 aromatic heterocycles. The number of rotatable bonds is 54. The molecule has 0 rings (SSSR count). The van der Waals surface area contributed by atoms with Crippen LogP contribution in [0.15, 0.2) is 72.9 Å². The summed E-state index contributed by atoms with van der Waals surface area (Å²) >= 11 is 0. The van der Waals surface area contributed by atoms with Gasteiger partial charge in [-0.15, -0.1) is 0 Å². The molecular formula is C64H112O6. The van der Waals surface area contributed by atoms with E-state index < -0.39 is 6.10 Å². The molecule has 0 saturated carbocycles. The van der Waals surface area contributed by atoms with Crippen molar-refractivity contribution in [3.63, 3.8) is 0 Å². The van der Waals surface area contributed by atoms with Gasteiger partial charge in [0.25, 0.3) is 0 Å². The molecule has 0 aromatic rings. The van der Waals surface area contributed by atoms with Gasteiger partial charge >= 0.3 is 17.9 Å². The van der Waals surface area contributed by atoms with E-state index in [0.717, 1.165) is 109 Å². The smallest absolute Gasteiger partial charge is 0.306 e. The maximum absolute atomic E-state index is 12.9. The first-order chi connectivity index (χ1) is 34.5. The topological polar surface area (TPSA) is 78.9 Å². The molecule has 6 heteroatoms. The van der Waals surface area contributed by atoms with Gasteiger partial charge in [-0.25, -0.2) is 0 Å². The third kappa shape index (κ3) is 55.8. The van der Waals surface area contributed by atoms with Gasteiger partial charge in [0.1, 0.15) is 13.2 Å². The lowest BCUT2D eigenvalue weighted by molar-refractivity contribution is -0.167. The minimum atomic E-state index is -0.783. The fraction of sp³-hybridized carbons (Fsp3) is 0.766. The quantitative estimate of drug-likeness (QED) is 0.0261. The molecule has 0 fully saturated rings. The highest BCUT2D eigenvalue weighted by atomic mass is 16.6. The zero-order valence-electron chi connectivity index (χ0n) is 46.3. The van der Waals surface area contributed by atoms with E-state index in [1.807, 2.05) is 0 Å². The Bertz CT molecular complexity index is 1310. The van der Waals surface area contributed by atoms with Gasteiger partial charge in [0.15, 0.2) is 6.10 Å². The van der Waals surface area contributed by atoms with Crippen LogP contribution in [0.1, 0.15) is 297 Å². The zero-order chi connectivity index (χ0) is 50.7. The first kappa shape index (κ1) is 66.9. The summed E-state index contributed by atoms with van der Waals surface area (Å²) in [6, 6.07) is 0. The van der Waals surface area contributed by atoms with Crippen molar-refractivity contribution in [3.05, 3.63) is 72.9 Å². The molecule has 0 aliphatic rings. The molecule has 404 valence electrons. The fourth-order valence-corrected chi connectivity index (χ4v) is 8.47. The third-order valence-electron chi connectivity index (χ3n) is 12.9. The van der Waals surface area contributed by atoms with Crippen LogP contribution in [-0.4, -0.2) is 37.2 Å². The van der Waals surface area contributed by atoms with Crippen molar-refractivity contribution < 1.29 is 28.6 Å². The Morgan fingerprint density at radius 3 is 0.886 bits per heavy atom. The van der Waals surface area contributed by atoms with Crippen LogP contribution in [0.25, 0.3) is 0 Å². The summed E-state index contributed by atoms with van der Waals surface area (Å²) < 4.78 is 16.9. The lowest BCUT2D eigenvalue weighted by atomic mass is 10.0. The maximum Gasteiger partial charge on any atom is 0.306 e. The number of hydrogen-bond acceptors (Lipinski definition) is 6. The van der Waals surface area contributed by atoms with Crippen LogP contribution in [0.2, 0.25) is 0 Å². The number of ether oxygens (including phenoxy) is 3. The molecule has 70 heavy (non-hydrogen) atoms. The molecule has 0 bridgehead atoms. The van der Waals surface area contributed by atoms with E-state index in [4.69, 9.17) is 14.2 Å². The van der Waals surface area contributed by atoms with Crippen LogP contribution in [-0.2, 0) is 28.6 Å². The SMILES string of the molecule is CC/C=C\C/C=C\C/C=C\C/C=C\CCCCCCCCCCCCC(=O)OCC(COC(=O)CCCCCCCCCCCCCCC)OC(=O)CCCCCCC/C=C\C/C=C\CCCCCC. The Morgan fingerprint density at radius 1 is 0.300 bits per heavy atom. The molecule has 0 aromatic carbocycles. The largest absolute Gasteiger partial charge is 0.462 e. The molecule has 0 amide bonds. The lowest BCUT2D eigenvalue weighted by Crippen LogP contribution is -2.30. The minimum Gasteiger partial charge on any atom is -0.462 e. The highest BCUT2D eigenvalue weighted by Gasteiger charge is 2.19. The van der Waals surface area contributed by atoms with Crippen LogP contribution in [0.4, 0.5) is 0 Å². The van der Waals surface area contributed by atoms with Crippen molar-refractivity contribution in [1.82, 2.24) is 0 Å². The van der Waals surface area contributed by atoms with Gasteiger partial charge in [-0.1, -0.05) is 261 Å². The van der Waals surface area contributed by atoms with Crippen LogP contribution >= 0.6 is 0 Å². The van der Waals surface area contributed by atoms with Crippen LogP contribution in [0, 0.1) is 0 Å². The van der Waals surface area contributed by atoms with E-state index >= 15 is 0 Å². The average molecular weight is 978 g/mol. The second-order valence-corrected chi connectivity index (χ2v) is 19.9. The molecule has 0 radical (unpaired) electrons. The number of esters is 3. The summed E-state index contributed by atoms with van der Waals surface area (Å²) in [5.74, 6) is -0.886. The van der Waals surface area contributed by atoms with Crippen molar-refractivity contribution >= 4 is 17.9 Å². The Kier molecular flexibility index (Phi) is 55.8. The molecule has 0 spiro atoms. The standard InChI is InChI=1S/C64H112O6/c1-4-7-10-13-16-19-22-25-27-29-30-31-32-33-34-35-37-39-42-45-48-51-54-57-63(66)69-60-61(59-68-62(65)56-53-50-47-44-41-38-24-21-18-15-12-9-6-3)70-64(67)58-55-52-49-46-43-40-36-28-26-23-20-17-14-11-8-5-2/h7,10,16,19-20,23,25,27-28,30-31,36,61H,4-6,8-9,11-15,17-18,21-22,24,26,29,32-35,37-60H2,1-3H3/b10-7-,19-16-,23-20-,27-25-,31-30-,36-28-. The summed E-state index contributed by atoms with van der Waals surface area (Å²) in [6.07, 6.45) is 74.6. The second kappa shape index (κ2) is 58.4. The van der Waals surface area contributed by atoms with Crippen LogP contribution in [0.5, 0.6) is 0 Å². The van der Waals surface area contributed by atoms with E-state index in [1.165, 1.54) is 148 Å². The molecule has 0 saturated heterocycles. The van der Waals surface area contributed by atoms with Crippen LogP contribution < -0.4 is 0 Å². The Morgan fingerprint density at radius 2 is 0.557 bits per heavy atom. The van der Waals surface area contributed by atoms with E-state index in [9.17, 15) is 14.4 Å². The van der Waals surface area contributed by atoms with Gasteiger partial charge in [0.2, 0.25) is 0 Å². The highest BCUT2D eigenvalue weighted by molar-refractivity contribution is 5.71. The maximum atomic E-state index is 12.9. The van der Waals surface area contributed by atoms with Crippen molar-refractivity contribution in [2.75, 3.05) is 13.2 Å². The van der Waals surface area contributed by atoms with Gasteiger partial charge in [-0.2, -0.15) is 0 Å². The summed E-state index contributed by atoms with van der Waals surface area (Å²) in [5, 5.41) is 0. The van der Waals surface area contributed by atoms with Gasteiger partial charge in [-0.3, -0.25) is 14.4 Å². The van der Waals surface area contributed by atoms with E-state index in [1.54, 1.807) is 0 Å². The van der Waals surface area contributed by atoms with Gasteiger partial charge < -0.3 is 14.2 Å². The Balaban J connectivity index is 4.34. The number of unbranched alkanes of at least 4 members (excludes halogenated alkanes) is 31. The second-order valence-electron chi connectivity index (χ2n) is 19.9. The first-order valence-electron chi connectivity index (χ1n) is 29.9. The number of allylic oxidation sites excluding steroid dienone is 12. The summed E-state index contributed by atoms with van der Waals surface area (Å²) in [7, 11) is 0. The first-order valence-corrected chi connectivity index (χ1v) is 29.9. The minimum absolute atomic E-state index is 0.0795. The van der Waals surface area contributed by atoms with Gasteiger partial charge in [-0.05, 0) is 89.9 Å². The molecule has 0 aliphatic heterocycles. The highest BCUT2D eigenvalue weighted by Crippen LogP contribution is 2.16. The summed E-state index contributed by atoms with van der Waals surface area (Å²) in [5.41, 5.74) is 0. The summed E-state index contributed by atoms with van der Waals surface area (Å²) in [4.78, 5) is 38.2. The number of carbonyl (C=O) groups excluding carboxylic acids is 3. The van der Waals surface area contributed by atoms with Gasteiger partial charge in [0.05, 0.1) is 0 Å². The van der Waals surface area contributed by atoms with Crippen molar-refractivity contribution in [2.24, 2.45) is 0 Å². The van der Waals surface area contributed by atoms with Crippen molar-refractivity contribution in [1.29, 1.82) is 0 Å². The predicted molar refractivity (Wildman–Crippen MR) is 302 cm³/mol. The molecule has 6 nitrogen and oxygen atoms in total. The molecular weight excluding hydrogens is 865 g/mol. The molecule has 1 unspecified atom stereocenters. The van der Waals surface area contributed by atoms with Gasteiger partial charge in [0, 0.05) is 19.3 Å². The Hall–Kier alpha value is -3.15. The molecule has 0 heterocycles. The number of carbonyl (C=O) groups is 3. The Labute approximate surface area is 433 Å². The van der Waals surface area contributed by atoms with E-state index in [-0.39, 0.29) is 31.1 Å². The molecule has 0 N–H and O–H groups in total. The van der Waals surface area contributed by atoms with Crippen molar-refractivity contribution in [2.45, 2.75) is 303 Å².